The molecule has 0 aromatic carbocycles. The van der Waals surface area contributed by atoms with E-state index in [1.54, 1.807) is 0 Å². The highest BCUT2D eigenvalue weighted by atomic mass is 16.5. The standard InChI is InChI=1S/C12H23NO3/c1-9-5-13(6-10(8-14)16-9)7-11(15)12(2,3)4/h9-10,14H,5-8H2,1-4H3. The van der Waals surface area contributed by atoms with Gasteiger partial charge in [0, 0.05) is 18.5 Å². The molecule has 1 rings (SSSR count). The molecule has 0 bridgehead atoms. The van der Waals surface area contributed by atoms with E-state index < -0.39 is 0 Å². The van der Waals surface area contributed by atoms with Gasteiger partial charge >= 0.3 is 0 Å². The predicted octanol–water partition coefficient (Wildman–Crippen LogP) is 0.683. The van der Waals surface area contributed by atoms with Crippen LogP contribution in [0, 0.1) is 5.41 Å². The molecule has 2 atom stereocenters. The molecule has 1 saturated heterocycles. The number of carbonyl (C=O) groups excluding carboxylic acids is 1. The van der Waals surface area contributed by atoms with Crippen LogP contribution in [0.25, 0.3) is 0 Å². The molecule has 94 valence electrons. The average molecular weight is 229 g/mol. The van der Waals surface area contributed by atoms with Crippen molar-refractivity contribution in [2.24, 2.45) is 5.41 Å². The van der Waals surface area contributed by atoms with Gasteiger partial charge in [-0.3, -0.25) is 9.69 Å². The molecule has 1 aliphatic rings. The Labute approximate surface area is 97.6 Å². The first-order valence-electron chi connectivity index (χ1n) is 5.85. The van der Waals surface area contributed by atoms with Crippen molar-refractivity contribution in [3.63, 3.8) is 0 Å². The van der Waals surface area contributed by atoms with E-state index >= 15 is 0 Å². The van der Waals surface area contributed by atoms with Gasteiger partial charge in [-0.05, 0) is 6.92 Å². The Morgan fingerprint density at radius 3 is 2.56 bits per heavy atom. The molecule has 4 heteroatoms. The van der Waals surface area contributed by atoms with E-state index in [0.29, 0.717) is 13.1 Å². The second-order valence-corrected chi connectivity index (χ2v) is 5.62. The summed E-state index contributed by atoms with van der Waals surface area (Å²) in [6, 6.07) is 0. The van der Waals surface area contributed by atoms with Gasteiger partial charge in [0.25, 0.3) is 0 Å². The topological polar surface area (TPSA) is 49.8 Å². The minimum absolute atomic E-state index is 0.0184. The van der Waals surface area contributed by atoms with Crippen LogP contribution in [0.15, 0.2) is 0 Å². The summed E-state index contributed by atoms with van der Waals surface area (Å²) in [6.45, 7) is 9.64. The molecule has 2 unspecified atom stereocenters. The third-order valence-electron chi connectivity index (χ3n) is 2.81. The second kappa shape index (κ2) is 5.25. The summed E-state index contributed by atoms with van der Waals surface area (Å²) in [7, 11) is 0. The number of rotatable bonds is 3. The van der Waals surface area contributed by atoms with Crippen molar-refractivity contribution in [1.82, 2.24) is 4.90 Å². The Kier molecular flexibility index (Phi) is 4.47. The van der Waals surface area contributed by atoms with Gasteiger partial charge in [0.15, 0.2) is 5.78 Å². The van der Waals surface area contributed by atoms with Gasteiger partial charge in [-0.1, -0.05) is 20.8 Å². The van der Waals surface area contributed by atoms with Crippen LogP contribution in [0.5, 0.6) is 0 Å². The lowest BCUT2D eigenvalue weighted by Crippen LogP contribution is -2.50. The molecule has 0 spiro atoms. The monoisotopic (exact) mass is 229 g/mol. The lowest BCUT2D eigenvalue weighted by atomic mass is 9.90. The molecule has 16 heavy (non-hydrogen) atoms. The normalized spacial score (nSPS) is 28.1. The Morgan fingerprint density at radius 2 is 2.06 bits per heavy atom. The highest BCUT2D eigenvalue weighted by Crippen LogP contribution is 2.17. The van der Waals surface area contributed by atoms with Crippen LogP contribution in [0.1, 0.15) is 27.7 Å². The van der Waals surface area contributed by atoms with E-state index in [0.717, 1.165) is 6.54 Å². The van der Waals surface area contributed by atoms with Crippen LogP contribution in [-0.4, -0.2) is 54.2 Å². The molecule has 4 nitrogen and oxygen atoms in total. The van der Waals surface area contributed by atoms with Gasteiger partial charge < -0.3 is 9.84 Å². The minimum atomic E-state index is -0.295. The fourth-order valence-corrected chi connectivity index (χ4v) is 1.81. The smallest absolute Gasteiger partial charge is 0.152 e. The molecule has 0 aliphatic carbocycles. The van der Waals surface area contributed by atoms with Crippen LogP contribution >= 0.6 is 0 Å². The van der Waals surface area contributed by atoms with Crippen LogP contribution in [-0.2, 0) is 9.53 Å². The number of nitrogens with zero attached hydrogens (tertiary/aromatic N) is 1. The first kappa shape index (κ1) is 13.6. The summed E-state index contributed by atoms with van der Waals surface area (Å²) >= 11 is 0. The Balaban J connectivity index is 2.51. The van der Waals surface area contributed by atoms with E-state index in [1.807, 2.05) is 27.7 Å². The Morgan fingerprint density at radius 1 is 1.44 bits per heavy atom. The van der Waals surface area contributed by atoms with E-state index in [9.17, 15) is 4.79 Å². The summed E-state index contributed by atoms with van der Waals surface area (Å²) in [5, 5.41) is 9.08. The number of aliphatic hydroxyl groups excluding tert-OH is 1. The highest BCUT2D eigenvalue weighted by molar-refractivity contribution is 5.85. The maximum absolute atomic E-state index is 11.9. The summed E-state index contributed by atoms with van der Waals surface area (Å²) in [5.74, 6) is 0.235. The molecule has 0 radical (unpaired) electrons. The van der Waals surface area contributed by atoms with Crippen molar-refractivity contribution in [2.45, 2.75) is 39.9 Å². The zero-order valence-electron chi connectivity index (χ0n) is 10.7. The van der Waals surface area contributed by atoms with Crippen molar-refractivity contribution < 1.29 is 14.6 Å². The molecule has 0 saturated carbocycles. The van der Waals surface area contributed by atoms with Crippen molar-refractivity contribution in [1.29, 1.82) is 0 Å². The van der Waals surface area contributed by atoms with Crippen LogP contribution in [0.4, 0.5) is 0 Å². The first-order chi connectivity index (χ1) is 7.32. The summed E-state index contributed by atoms with van der Waals surface area (Å²) in [4.78, 5) is 14.0. The number of ketones is 1. The fourth-order valence-electron chi connectivity index (χ4n) is 1.81. The number of hydrogen-bond acceptors (Lipinski definition) is 4. The second-order valence-electron chi connectivity index (χ2n) is 5.62. The van der Waals surface area contributed by atoms with Gasteiger partial charge in [0.05, 0.1) is 25.4 Å². The molecular formula is C12H23NO3. The summed E-state index contributed by atoms with van der Waals surface area (Å²) < 4.78 is 5.53. The van der Waals surface area contributed by atoms with E-state index in [1.165, 1.54) is 0 Å². The van der Waals surface area contributed by atoms with E-state index in [-0.39, 0.29) is 30.0 Å². The number of ether oxygens (including phenoxy) is 1. The quantitative estimate of drug-likeness (QED) is 0.773. The molecular weight excluding hydrogens is 206 g/mol. The lowest BCUT2D eigenvalue weighted by Gasteiger charge is -2.36. The van der Waals surface area contributed by atoms with Crippen LogP contribution < -0.4 is 0 Å². The van der Waals surface area contributed by atoms with Crippen LogP contribution in [0.3, 0.4) is 0 Å². The van der Waals surface area contributed by atoms with Gasteiger partial charge in [0.1, 0.15) is 0 Å². The number of Topliss-reactive ketones (excluding diaryl/α,β-unsaturated/α-hetero) is 1. The summed E-state index contributed by atoms with van der Waals surface area (Å²) in [6.07, 6.45) is -0.0739. The zero-order valence-corrected chi connectivity index (χ0v) is 10.7. The zero-order chi connectivity index (χ0) is 12.3. The Bertz CT molecular complexity index is 247. The molecule has 1 heterocycles. The molecule has 1 aliphatic heterocycles. The molecule has 0 aromatic heterocycles. The van der Waals surface area contributed by atoms with Gasteiger partial charge in [-0.2, -0.15) is 0 Å². The molecule has 1 N–H and O–H groups in total. The van der Waals surface area contributed by atoms with Crippen molar-refractivity contribution >= 4 is 5.78 Å². The fraction of sp³-hybridized carbons (Fsp3) is 0.917. The van der Waals surface area contributed by atoms with Crippen molar-refractivity contribution in [3.05, 3.63) is 0 Å². The third-order valence-corrected chi connectivity index (χ3v) is 2.81. The maximum atomic E-state index is 11.9. The molecule has 0 amide bonds. The lowest BCUT2D eigenvalue weighted by molar-refractivity contribution is -0.133. The predicted molar refractivity (Wildman–Crippen MR) is 62.3 cm³/mol. The number of hydrogen-bond donors (Lipinski definition) is 1. The van der Waals surface area contributed by atoms with Gasteiger partial charge in [0.2, 0.25) is 0 Å². The average Bonchev–Trinajstić information content (AvgIpc) is 2.15. The van der Waals surface area contributed by atoms with Gasteiger partial charge in [-0.15, -0.1) is 0 Å². The number of carbonyl (C=O) groups is 1. The van der Waals surface area contributed by atoms with Gasteiger partial charge in [-0.25, -0.2) is 0 Å². The van der Waals surface area contributed by atoms with E-state index in [2.05, 4.69) is 4.90 Å². The van der Waals surface area contributed by atoms with E-state index in [4.69, 9.17) is 9.84 Å². The maximum Gasteiger partial charge on any atom is 0.152 e. The third kappa shape index (κ3) is 3.85. The van der Waals surface area contributed by atoms with Crippen LogP contribution in [0.2, 0.25) is 0 Å². The Hall–Kier alpha value is -0.450. The first-order valence-corrected chi connectivity index (χ1v) is 5.85. The highest BCUT2D eigenvalue weighted by Gasteiger charge is 2.29. The summed E-state index contributed by atoms with van der Waals surface area (Å²) in [5.41, 5.74) is -0.295. The SMILES string of the molecule is CC1CN(CC(=O)C(C)(C)C)CC(CO)O1. The number of morpholine rings is 1. The van der Waals surface area contributed by atoms with Crippen molar-refractivity contribution in [3.8, 4) is 0 Å². The number of aliphatic hydroxyl groups is 1. The largest absolute Gasteiger partial charge is 0.394 e. The molecule has 0 aromatic rings. The minimum Gasteiger partial charge on any atom is -0.394 e. The van der Waals surface area contributed by atoms with Crippen molar-refractivity contribution in [2.75, 3.05) is 26.2 Å². The molecule has 1 fully saturated rings.